The van der Waals surface area contributed by atoms with Crippen molar-refractivity contribution in [1.82, 2.24) is 0 Å². The van der Waals surface area contributed by atoms with Gasteiger partial charge in [0.25, 0.3) is 0 Å². The van der Waals surface area contributed by atoms with Gasteiger partial charge < -0.3 is 9.47 Å². The molecule has 0 amide bonds. The van der Waals surface area contributed by atoms with E-state index in [9.17, 15) is 9.59 Å². The Morgan fingerprint density at radius 3 is 1.56 bits per heavy atom. The Hall–Kier alpha value is -1.32. The van der Waals surface area contributed by atoms with Crippen molar-refractivity contribution in [3.05, 3.63) is 11.1 Å². The largest absolute Gasteiger partial charge is 0.462 e. The molecule has 0 saturated heterocycles. The van der Waals surface area contributed by atoms with E-state index < -0.39 is 0 Å². The molecule has 198 valence electrons. The minimum atomic E-state index is -0.275. The van der Waals surface area contributed by atoms with E-state index in [1.807, 2.05) is 0 Å². The molecule has 1 aliphatic carbocycles. The van der Waals surface area contributed by atoms with Gasteiger partial charge in [-0.2, -0.15) is 0 Å². The van der Waals surface area contributed by atoms with Crippen molar-refractivity contribution in [3.63, 3.8) is 0 Å². The number of ether oxygens (including phenoxy) is 2. The number of hydrogen-bond acceptors (Lipinski definition) is 4. The zero-order valence-corrected chi connectivity index (χ0v) is 22.8. The highest BCUT2D eigenvalue weighted by molar-refractivity contribution is 6.00. The molecule has 0 bridgehead atoms. The molecule has 0 unspecified atom stereocenters. The molecule has 0 aromatic heterocycles. The highest BCUT2D eigenvalue weighted by Gasteiger charge is 2.31. The summed E-state index contributed by atoms with van der Waals surface area (Å²) in [6.07, 6.45) is 21.8. The van der Waals surface area contributed by atoms with Crippen LogP contribution in [0.4, 0.5) is 0 Å². The highest BCUT2D eigenvalue weighted by Crippen LogP contribution is 2.35. The quantitative estimate of drug-likeness (QED) is 0.0939. The van der Waals surface area contributed by atoms with Gasteiger partial charge in [-0.25, -0.2) is 9.59 Å². The summed E-state index contributed by atoms with van der Waals surface area (Å²) >= 11 is 0. The summed E-state index contributed by atoms with van der Waals surface area (Å²) in [4.78, 5) is 26.4. The van der Waals surface area contributed by atoms with Gasteiger partial charge in [0.1, 0.15) is 0 Å². The number of esters is 2. The van der Waals surface area contributed by atoms with Crippen molar-refractivity contribution in [1.29, 1.82) is 0 Å². The second-order valence-corrected chi connectivity index (χ2v) is 10.1. The first kappa shape index (κ1) is 30.7. The lowest BCUT2D eigenvalue weighted by Crippen LogP contribution is -2.22. The average molecular weight is 479 g/mol. The molecule has 0 radical (unpaired) electrons. The zero-order valence-electron chi connectivity index (χ0n) is 22.8. The average Bonchev–Trinajstić information content (AvgIpc) is 3.36. The van der Waals surface area contributed by atoms with Crippen LogP contribution < -0.4 is 0 Å². The summed E-state index contributed by atoms with van der Waals surface area (Å²) in [7, 11) is 0. The smallest absolute Gasteiger partial charge is 0.334 e. The number of unbranched alkanes of at least 4 members (excludes halogenated alkanes) is 12. The van der Waals surface area contributed by atoms with E-state index in [-0.39, 0.29) is 17.9 Å². The van der Waals surface area contributed by atoms with Gasteiger partial charge in [0.15, 0.2) is 0 Å². The molecule has 0 aliphatic heterocycles. The SMILES string of the molecule is CCCCCCCCOC(=O)/C(CCCCC)=C(\C(=O)OCCCCCCCC)C1CCCC1. The minimum absolute atomic E-state index is 0.148. The molecule has 0 heterocycles. The van der Waals surface area contributed by atoms with E-state index in [0.717, 1.165) is 70.6 Å². The Labute approximate surface area is 210 Å². The summed E-state index contributed by atoms with van der Waals surface area (Å²) in [5, 5.41) is 0. The fraction of sp³-hybridized carbons (Fsp3) is 0.867. The van der Waals surface area contributed by atoms with Crippen molar-refractivity contribution in [2.24, 2.45) is 5.92 Å². The Bertz CT molecular complexity index is 560. The minimum Gasteiger partial charge on any atom is -0.462 e. The Kier molecular flexibility index (Phi) is 19.0. The van der Waals surface area contributed by atoms with E-state index in [0.29, 0.717) is 30.8 Å². The molecule has 0 aromatic rings. The van der Waals surface area contributed by atoms with Crippen LogP contribution in [-0.2, 0) is 19.1 Å². The summed E-state index contributed by atoms with van der Waals surface area (Å²) in [6.45, 7) is 7.50. The predicted molar refractivity (Wildman–Crippen MR) is 142 cm³/mol. The third-order valence-corrected chi connectivity index (χ3v) is 7.05. The van der Waals surface area contributed by atoms with Crippen LogP contribution in [0.2, 0.25) is 0 Å². The monoisotopic (exact) mass is 478 g/mol. The van der Waals surface area contributed by atoms with Gasteiger partial charge >= 0.3 is 11.9 Å². The van der Waals surface area contributed by atoms with Gasteiger partial charge in [-0.1, -0.05) is 111 Å². The summed E-state index contributed by atoms with van der Waals surface area (Å²) in [5.41, 5.74) is 1.26. The lowest BCUT2D eigenvalue weighted by Gasteiger charge is -2.19. The van der Waals surface area contributed by atoms with Crippen LogP contribution in [0.15, 0.2) is 11.1 Å². The third-order valence-electron chi connectivity index (χ3n) is 7.05. The molecule has 0 spiro atoms. The second kappa shape index (κ2) is 21.0. The zero-order chi connectivity index (χ0) is 24.9. The summed E-state index contributed by atoms with van der Waals surface area (Å²) in [5.74, 6) is -0.387. The maximum atomic E-state index is 13.2. The normalized spacial score (nSPS) is 14.8. The fourth-order valence-electron chi connectivity index (χ4n) is 4.91. The van der Waals surface area contributed by atoms with Gasteiger partial charge in [0, 0.05) is 5.57 Å². The third kappa shape index (κ3) is 13.5. The van der Waals surface area contributed by atoms with E-state index in [1.165, 1.54) is 51.4 Å². The Morgan fingerprint density at radius 1 is 0.588 bits per heavy atom. The van der Waals surface area contributed by atoms with Gasteiger partial charge in [-0.05, 0) is 44.4 Å². The number of rotatable bonds is 21. The maximum Gasteiger partial charge on any atom is 0.334 e. The Balaban J connectivity index is 2.76. The predicted octanol–water partition coefficient (Wildman–Crippen LogP) is 8.86. The Morgan fingerprint density at radius 2 is 1.03 bits per heavy atom. The first-order chi connectivity index (χ1) is 16.7. The molecule has 1 fully saturated rings. The summed E-state index contributed by atoms with van der Waals surface area (Å²) in [6, 6.07) is 0. The van der Waals surface area contributed by atoms with Crippen LogP contribution in [0.3, 0.4) is 0 Å². The van der Waals surface area contributed by atoms with Crippen LogP contribution >= 0.6 is 0 Å². The first-order valence-corrected chi connectivity index (χ1v) is 14.7. The van der Waals surface area contributed by atoms with Crippen molar-refractivity contribution in [2.75, 3.05) is 13.2 Å². The molecule has 0 atom stereocenters. The second-order valence-electron chi connectivity index (χ2n) is 10.1. The van der Waals surface area contributed by atoms with Crippen molar-refractivity contribution < 1.29 is 19.1 Å². The van der Waals surface area contributed by atoms with E-state index >= 15 is 0 Å². The van der Waals surface area contributed by atoms with Crippen LogP contribution in [0, 0.1) is 5.92 Å². The molecule has 34 heavy (non-hydrogen) atoms. The van der Waals surface area contributed by atoms with Crippen molar-refractivity contribution in [2.45, 2.75) is 149 Å². The van der Waals surface area contributed by atoms with E-state index in [1.54, 1.807) is 0 Å². The highest BCUT2D eigenvalue weighted by atomic mass is 16.5. The molecule has 1 rings (SSSR count). The van der Waals surface area contributed by atoms with Gasteiger partial charge in [0.05, 0.1) is 18.8 Å². The van der Waals surface area contributed by atoms with Gasteiger partial charge in [-0.3, -0.25) is 0 Å². The van der Waals surface area contributed by atoms with Gasteiger partial charge in [0.2, 0.25) is 0 Å². The van der Waals surface area contributed by atoms with Gasteiger partial charge in [-0.15, -0.1) is 0 Å². The number of hydrogen-bond donors (Lipinski definition) is 0. The van der Waals surface area contributed by atoms with Crippen LogP contribution in [0.5, 0.6) is 0 Å². The maximum absolute atomic E-state index is 13.2. The fourth-order valence-corrected chi connectivity index (χ4v) is 4.91. The van der Waals surface area contributed by atoms with Crippen LogP contribution in [-0.4, -0.2) is 25.2 Å². The lowest BCUT2D eigenvalue weighted by atomic mass is 9.90. The topological polar surface area (TPSA) is 52.6 Å². The van der Waals surface area contributed by atoms with E-state index in [4.69, 9.17) is 9.47 Å². The molecule has 0 aromatic carbocycles. The molecule has 0 N–H and O–H groups in total. The first-order valence-electron chi connectivity index (χ1n) is 14.7. The number of carbonyl (C=O) groups is 2. The van der Waals surface area contributed by atoms with Crippen molar-refractivity contribution >= 4 is 11.9 Å². The molecule has 1 saturated carbocycles. The molecular formula is C30H54O4. The molecular weight excluding hydrogens is 424 g/mol. The van der Waals surface area contributed by atoms with Crippen LogP contribution in [0.25, 0.3) is 0 Å². The molecule has 1 aliphatic rings. The molecule has 4 heteroatoms. The lowest BCUT2D eigenvalue weighted by molar-refractivity contribution is -0.143. The standard InChI is InChI=1S/C30H54O4/c1-4-7-10-12-14-19-24-33-29(31)27(23-16-9-6-3)28(26-21-17-18-22-26)30(32)34-25-20-15-13-11-8-5-2/h26H,4-25H2,1-3H3/b28-27-. The van der Waals surface area contributed by atoms with Crippen LogP contribution in [0.1, 0.15) is 149 Å². The van der Waals surface area contributed by atoms with E-state index in [2.05, 4.69) is 20.8 Å². The number of carbonyl (C=O) groups excluding carboxylic acids is 2. The summed E-state index contributed by atoms with van der Waals surface area (Å²) < 4.78 is 11.4. The molecule has 4 nitrogen and oxygen atoms in total. The van der Waals surface area contributed by atoms with Crippen molar-refractivity contribution in [3.8, 4) is 0 Å².